The van der Waals surface area contributed by atoms with Crippen LogP contribution in [0.1, 0.15) is 36.6 Å². The van der Waals surface area contributed by atoms with E-state index >= 15 is 0 Å². The maximum atomic E-state index is 13.0. The Morgan fingerprint density at radius 2 is 1.69 bits per heavy atom. The SMILES string of the molecule is Cc1ccc(Oc2cc(C(C)C)nc(SCc3ccc(F)cc3)n2)cc1. The highest BCUT2D eigenvalue weighted by Crippen LogP contribution is 2.27. The van der Waals surface area contributed by atoms with E-state index in [4.69, 9.17) is 4.74 Å². The van der Waals surface area contributed by atoms with Gasteiger partial charge in [-0.25, -0.2) is 9.37 Å². The molecule has 5 heteroatoms. The molecule has 0 unspecified atom stereocenters. The average Bonchev–Trinajstić information content (AvgIpc) is 2.63. The first-order valence-electron chi connectivity index (χ1n) is 8.50. The van der Waals surface area contributed by atoms with Crippen LogP contribution in [-0.2, 0) is 5.75 Å². The summed E-state index contributed by atoms with van der Waals surface area (Å²) < 4.78 is 18.9. The molecule has 0 aliphatic carbocycles. The van der Waals surface area contributed by atoms with E-state index in [0.29, 0.717) is 16.8 Å². The number of nitrogens with zero attached hydrogens (tertiary/aromatic N) is 2. The van der Waals surface area contributed by atoms with Crippen molar-refractivity contribution in [3.05, 3.63) is 77.2 Å². The summed E-state index contributed by atoms with van der Waals surface area (Å²) in [5.41, 5.74) is 3.14. The average molecular weight is 368 g/mol. The smallest absolute Gasteiger partial charge is 0.223 e. The van der Waals surface area contributed by atoms with Crippen molar-refractivity contribution in [2.24, 2.45) is 0 Å². The van der Waals surface area contributed by atoms with Crippen molar-refractivity contribution in [3.63, 3.8) is 0 Å². The monoisotopic (exact) mass is 368 g/mol. The minimum Gasteiger partial charge on any atom is -0.439 e. The predicted molar refractivity (Wildman–Crippen MR) is 103 cm³/mol. The van der Waals surface area contributed by atoms with Gasteiger partial charge < -0.3 is 4.74 Å². The number of ether oxygens (including phenoxy) is 1. The van der Waals surface area contributed by atoms with Crippen LogP contribution in [0.3, 0.4) is 0 Å². The van der Waals surface area contributed by atoms with Crippen molar-refractivity contribution in [1.82, 2.24) is 9.97 Å². The normalized spacial score (nSPS) is 11.0. The standard InChI is InChI=1S/C21H21FN2OS/c1-14(2)19-12-20(25-18-10-4-15(3)5-11-18)24-21(23-19)26-13-16-6-8-17(22)9-7-16/h4-12,14H,13H2,1-3H3. The summed E-state index contributed by atoms with van der Waals surface area (Å²) in [6.45, 7) is 6.22. The summed E-state index contributed by atoms with van der Waals surface area (Å²) in [6, 6.07) is 16.2. The molecule has 0 amide bonds. The molecule has 0 radical (unpaired) electrons. The van der Waals surface area contributed by atoms with E-state index in [2.05, 4.69) is 23.8 Å². The van der Waals surface area contributed by atoms with Crippen LogP contribution in [0.15, 0.2) is 59.8 Å². The van der Waals surface area contributed by atoms with Crippen LogP contribution in [0.4, 0.5) is 4.39 Å². The quantitative estimate of drug-likeness (QED) is 0.387. The summed E-state index contributed by atoms with van der Waals surface area (Å²) in [5.74, 6) is 1.99. The van der Waals surface area contributed by atoms with Crippen LogP contribution in [0.5, 0.6) is 11.6 Å². The summed E-state index contributed by atoms with van der Waals surface area (Å²) in [7, 11) is 0. The molecule has 0 N–H and O–H groups in total. The van der Waals surface area contributed by atoms with E-state index in [9.17, 15) is 4.39 Å². The van der Waals surface area contributed by atoms with Gasteiger partial charge in [-0.2, -0.15) is 4.98 Å². The lowest BCUT2D eigenvalue weighted by molar-refractivity contribution is 0.452. The molecule has 2 aromatic carbocycles. The van der Waals surface area contributed by atoms with E-state index in [1.54, 1.807) is 12.1 Å². The lowest BCUT2D eigenvalue weighted by atomic mass is 10.1. The predicted octanol–water partition coefficient (Wildman–Crippen LogP) is 6.13. The second kappa shape index (κ2) is 8.32. The largest absolute Gasteiger partial charge is 0.439 e. The van der Waals surface area contributed by atoms with Gasteiger partial charge in [0.2, 0.25) is 5.88 Å². The van der Waals surface area contributed by atoms with Crippen LogP contribution in [0.25, 0.3) is 0 Å². The lowest BCUT2D eigenvalue weighted by Crippen LogP contribution is -2.00. The number of rotatable bonds is 6. The fourth-order valence-corrected chi connectivity index (χ4v) is 3.10. The minimum absolute atomic E-state index is 0.231. The van der Waals surface area contributed by atoms with Crippen molar-refractivity contribution < 1.29 is 9.13 Å². The van der Waals surface area contributed by atoms with Gasteiger partial charge in [0.25, 0.3) is 0 Å². The van der Waals surface area contributed by atoms with E-state index in [0.717, 1.165) is 17.0 Å². The first-order valence-corrected chi connectivity index (χ1v) is 9.49. The molecular formula is C21H21FN2OS. The number of aromatic nitrogens is 2. The van der Waals surface area contributed by atoms with Gasteiger partial charge in [0.1, 0.15) is 11.6 Å². The van der Waals surface area contributed by atoms with Crippen molar-refractivity contribution >= 4 is 11.8 Å². The van der Waals surface area contributed by atoms with Crippen molar-refractivity contribution in [2.45, 2.75) is 37.6 Å². The zero-order chi connectivity index (χ0) is 18.5. The molecule has 0 saturated carbocycles. The highest BCUT2D eigenvalue weighted by molar-refractivity contribution is 7.98. The highest BCUT2D eigenvalue weighted by Gasteiger charge is 2.10. The van der Waals surface area contributed by atoms with Gasteiger partial charge in [-0.15, -0.1) is 0 Å². The van der Waals surface area contributed by atoms with Crippen LogP contribution in [-0.4, -0.2) is 9.97 Å². The van der Waals surface area contributed by atoms with Gasteiger partial charge in [-0.1, -0.05) is 55.4 Å². The van der Waals surface area contributed by atoms with Crippen molar-refractivity contribution in [3.8, 4) is 11.6 Å². The maximum Gasteiger partial charge on any atom is 0.223 e. The molecule has 1 aromatic heterocycles. The molecule has 0 bridgehead atoms. The van der Waals surface area contributed by atoms with Gasteiger partial charge in [-0.3, -0.25) is 0 Å². The Bertz CT molecular complexity index is 864. The molecule has 0 spiro atoms. The third-order valence-corrected chi connectivity index (χ3v) is 4.74. The molecule has 1 heterocycles. The van der Waals surface area contributed by atoms with E-state index in [1.807, 2.05) is 37.3 Å². The van der Waals surface area contributed by atoms with Gasteiger partial charge in [0, 0.05) is 11.8 Å². The number of halogens is 1. The maximum absolute atomic E-state index is 13.0. The lowest BCUT2D eigenvalue weighted by Gasteiger charge is -2.11. The molecule has 26 heavy (non-hydrogen) atoms. The Labute approximate surface area is 157 Å². The van der Waals surface area contributed by atoms with E-state index < -0.39 is 0 Å². The molecule has 0 saturated heterocycles. The van der Waals surface area contributed by atoms with E-state index in [1.165, 1.54) is 29.5 Å². The first kappa shape index (κ1) is 18.4. The summed E-state index contributed by atoms with van der Waals surface area (Å²) in [6.07, 6.45) is 0. The van der Waals surface area contributed by atoms with Gasteiger partial charge >= 0.3 is 0 Å². The molecular weight excluding hydrogens is 347 g/mol. The molecule has 0 atom stereocenters. The number of thioether (sulfide) groups is 1. The Kier molecular flexibility index (Phi) is 5.89. The van der Waals surface area contributed by atoms with Crippen molar-refractivity contribution in [2.75, 3.05) is 0 Å². The number of hydrogen-bond acceptors (Lipinski definition) is 4. The zero-order valence-corrected chi connectivity index (χ0v) is 15.9. The summed E-state index contributed by atoms with van der Waals surface area (Å²) in [5, 5.41) is 0.655. The summed E-state index contributed by atoms with van der Waals surface area (Å²) in [4.78, 5) is 9.14. The molecule has 0 aliphatic rings. The Morgan fingerprint density at radius 3 is 2.35 bits per heavy atom. The third kappa shape index (κ3) is 5.05. The highest BCUT2D eigenvalue weighted by atomic mass is 32.2. The second-order valence-electron chi connectivity index (χ2n) is 6.40. The minimum atomic E-state index is -0.231. The van der Waals surface area contributed by atoms with Crippen molar-refractivity contribution in [1.29, 1.82) is 0 Å². The molecule has 0 fully saturated rings. The van der Waals surface area contributed by atoms with Crippen LogP contribution < -0.4 is 4.74 Å². The fourth-order valence-electron chi connectivity index (χ4n) is 2.29. The Balaban J connectivity index is 1.79. The van der Waals surface area contributed by atoms with Crippen LogP contribution in [0.2, 0.25) is 0 Å². The molecule has 134 valence electrons. The zero-order valence-electron chi connectivity index (χ0n) is 15.1. The van der Waals surface area contributed by atoms with E-state index in [-0.39, 0.29) is 11.7 Å². The van der Waals surface area contributed by atoms with Gasteiger partial charge in [-0.05, 0) is 42.7 Å². The topological polar surface area (TPSA) is 35.0 Å². The second-order valence-corrected chi connectivity index (χ2v) is 7.34. The third-order valence-electron chi connectivity index (χ3n) is 3.82. The number of benzene rings is 2. The van der Waals surface area contributed by atoms with Crippen LogP contribution in [0, 0.1) is 12.7 Å². The summed E-state index contributed by atoms with van der Waals surface area (Å²) >= 11 is 1.51. The molecule has 0 aliphatic heterocycles. The first-order chi connectivity index (χ1) is 12.5. The Hall–Kier alpha value is -2.40. The number of aryl methyl sites for hydroxylation is 1. The molecule has 3 rings (SSSR count). The van der Waals surface area contributed by atoms with Gasteiger partial charge in [0.15, 0.2) is 5.16 Å². The van der Waals surface area contributed by atoms with Gasteiger partial charge in [0.05, 0.1) is 5.69 Å². The Morgan fingerprint density at radius 1 is 1.00 bits per heavy atom. The fraction of sp³-hybridized carbons (Fsp3) is 0.238. The van der Waals surface area contributed by atoms with Crippen LogP contribution >= 0.6 is 11.8 Å². The molecule has 3 nitrogen and oxygen atoms in total. The molecule has 3 aromatic rings. The number of hydrogen-bond donors (Lipinski definition) is 0.